The molecule has 0 aliphatic carbocycles. The third-order valence-electron chi connectivity index (χ3n) is 3.23. The molecule has 2 rings (SSSR count). The number of hydrogen-bond donors (Lipinski definition) is 0. The van der Waals surface area contributed by atoms with E-state index < -0.39 is 29.9 Å². The Bertz CT molecular complexity index is 448. The van der Waals surface area contributed by atoms with E-state index in [0.717, 1.165) is 13.3 Å². The molecule has 1 saturated heterocycles. The number of nitrogens with zero attached hydrogens (tertiary/aromatic N) is 3. The molecule has 21 heavy (non-hydrogen) atoms. The largest absolute Gasteiger partial charge is 0.443 e. The molecule has 0 radical (unpaired) electrons. The summed E-state index contributed by atoms with van der Waals surface area (Å²) in [4.78, 5) is 6.73. The quantitative estimate of drug-likeness (QED) is 0.644. The summed E-state index contributed by atoms with van der Waals surface area (Å²) in [6.45, 7) is 1.56. The van der Waals surface area contributed by atoms with Crippen molar-refractivity contribution in [1.29, 1.82) is 0 Å². The fraction of sp³-hybridized carbons (Fsp3) is 0.818. The first kappa shape index (κ1) is 15.9. The molecule has 1 fully saturated rings. The molecule has 0 aromatic rings. The number of halogens is 6. The van der Waals surface area contributed by atoms with Crippen molar-refractivity contribution >= 4 is 11.9 Å². The Morgan fingerprint density at radius 2 is 1.48 bits per heavy atom. The monoisotopic (exact) mass is 317 g/mol. The van der Waals surface area contributed by atoms with Crippen LogP contribution in [0.1, 0.15) is 26.2 Å². The maximum Gasteiger partial charge on any atom is 0.443 e. The fourth-order valence-electron chi connectivity index (χ4n) is 2.20. The Kier molecular flexibility index (Phi) is 3.83. The van der Waals surface area contributed by atoms with Crippen LogP contribution in [0.25, 0.3) is 0 Å². The average Bonchev–Trinajstić information content (AvgIpc) is 2.36. The van der Waals surface area contributed by atoms with E-state index in [9.17, 15) is 26.3 Å². The van der Waals surface area contributed by atoms with Crippen molar-refractivity contribution in [3.63, 3.8) is 0 Å². The molecule has 2 heterocycles. The summed E-state index contributed by atoms with van der Waals surface area (Å²) in [5.74, 6) is -0.708. The Hall–Kier alpha value is -1.48. The second kappa shape index (κ2) is 5.06. The second-order valence-electron chi connectivity index (χ2n) is 4.84. The van der Waals surface area contributed by atoms with Crippen LogP contribution in [-0.2, 0) is 4.74 Å². The molecule has 4 nitrogen and oxygen atoms in total. The SMILES string of the molecule is CC1=NC(C(F)(F)F)(C(F)(F)F)N=C(N2CCCCC2)O1. The lowest BCUT2D eigenvalue weighted by Gasteiger charge is -2.37. The van der Waals surface area contributed by atoms with Gasteiger partial charge in [0.15, 0.2) is 5.90 Å². The first-order valence-corrected chi connectivity index (χ1v) is 6.29. The van der Waals surface area contributed by atoms with Crippen molar-refractivity contribution in [1.82, 2.24) is 4.90 Å². The molecule has 0 aromatic heterocycles. The normalized spacial score (nSPS) is 23.3. The van der Waals surface area contributed by atoms with E-state index in [-0.39, 0.29) is 0 Å². The molecular formula is C11H13F6N3O. The third-order valence-corrected chi connectivity index (χ3v) is 3.23. The zero-order chi connectivity index (χ0) is 15.9. The highest BCUT2D eigenvalue weighted by atomic mass is 19.4. The molecule has 0 saturated carbocycles. The standard InChI is InChI=1S/C11H13F6N3O/c1-7-18-9(10(12,13)14,11(15,16)17)19-8(21-7)20-5-3-2-4-6-20/h2-6H2,1H3. The Morgan fingerprint density at radius 3 is 1.95 bits per heavy atom. The van der Waals surface area contributed by atoms with Crippen molar-refractivity contribution in [2.45, 2.75) is 44.2 Å². The van der Waals surface area contributed by atoms with Gasteiger partial charge in [-0.25, -0.2) is 4.99 Å². The van der Waals surface area contributed by atoms with Gasteiger partial charge in [-0.3, -0.25) is 0 Å². The van der Waals surface area contributed by atoms with Crippen LogP contribution >= 0.6 is 0 Å². The van der Waals surface area contributed by atoms with Crippen molar-refractivity contribution in [2.75, 3.05) is 13.1 Å². The molecule has 0 aromatic carbocycles. The van der Waals surface area contributed by atoms with Crippen LogP contribution < -0.4 is 0 Å². The van der Waals surface area contributed by atoms with E-state index in [0.29, 0.717) is 25.9 Å². The first-order chi connectivity index (χ1) is 9.57. The maximum absolute atomic E-state index is 13.0. The van der Waals surface area contributed by atoms with Gasteiger partial charge < -0.3 is 9.64 Å². The number of alkyl halides is 6. The van der Waals surface area contributed by atoms with Crippen molar-refractivity contribution in [2.24, 2.45) is 9.98 Å². The number of likely N-dealkylation sites (tertiary alicyclic amines) is 1. The van der Waals surface area contributed by atoms with Gasteiger partial charge in [-0.05, 0) is 19.3 Å². The average molecular weight is 317 g/mol. The Morgan fingerprint density at radius 1 is 0.952 bits per heavy atom. The molecular weight excluding hydrogens is 304 g/mol. The molecule has 120 valence electrons. The lowest BCUT2D eigenvalue weighted by molar-refractivity contribution is -0.293. The van der Waals surface area contributed by atoms with Crippen LogP contribution in [0.5, 0.6) is 0 Å². The molecule has 2 aliphatic heterocycles. The van der Waals surface area contributed by atoms with Crippen LogP contribution in [-0.4, -0.2) is 47.9 Å². The van der Waals surface area contributed by atoms with E-state index in [2.05, 4.69) is 9.98 Å². The van der Waals surface area contributed by atoms with Crippen LogP contribution in [0, 0.1) is 0 Å². The van der Waals surface area contributed by atoms with E-state index in [1.807, 2.05) is 0 Å². The Labute approximate surface area is 116 Å². The van der Waals surface area contributed by atoms with Gasteiger partial charge in [-0.1, -0.05) is 0 Å². The number of hydrogen-bond acceptors (Lipinski definition) is 4. The predicted octanol–water partition coefficient (Wildman–Crippen LogP) is 3.10. The van der Waals surface area contributed by atoms with Crippen molar-refractivity contribution in [3.8, 4) is 0 Å². The highest BCUT2D eigenvalue weighted by Gasteiger charge is 2.74. The number of ether oxygens (including phenoxy) is 1. The van der Waals surface area contributed by atoms with Gasteiger partial charge in [0, 0.05) is 20.0 Å². The van der Waals surface area contributed by atoms with Gasteiger partial charge in [-0.15, -0.1) is 0 Å². The van der Waals surface area contributed by atoms with Gasteiger partial charge in [0.1, 0.15) is 0 Å². The van der Waals surface area contributed by atoms with E-state index in [4.69, 9.17) is 4.74 Å². The zero-order valence-electron chi connectivity index (χ0n) is 11.1. The molecule has 0 atom stereocenters. The summed E-state index contributed by atoms with van der Waals surface area (Å²) in [7, 11) is 0. The van der Waals surface area contributed by atoms with Crippen LogP contribution in [0.15, 0.2) is 9.98 Å². The molecule has 2 aliphatic rings. The highest BCUT2D eigenvalue weighted by molar-refractivity contribution is 5.91. The lowest BCUT2D eigenvalue weighted by atomic mass is 10.1. The Balaban J connectivity index is 2.47. The minimum absolute atomic E-state index is 0.303. The van der Waals surface area contributed by atoms with Gasteiger partial charge in [0.2, 0.25) is 0 Å². The lowest BCUT2D eigenvalue weighted by Crippen LogP contribution is -2.58. The molecule has 0 bridgehead atoms. The van der Waals surface area contributed by atoms with Crippen molar-refractivity contribution < 1.29 is 31.1 Å². The van der Waals surface area contributed by atoms with Crippen molar-refractivity contribution in [3.05, 3.63) is 0 Å². The zero-order valence-corrected chi connectivity index (χ0v) is 11.1. The topological polar surface area (TPSA) is 37.2 Å². The minimum atomic E-state index is -5.70. The summed E-state index contributed by atoms with van der Waals surface area (Å²) in [5.41, 5.74) is -4.49. The van der Waals surface area contributed by atoms with Gasteiger partial charge in [0.25, 0.3) is 6.02 Å². The minimum Gasteiger partial charge on any atom is -0.412 e. The molecule has 0 N–H and O–H groups in total. The van der Waals surface area contributed by atoms with Gasteiger partial charge >= 0.3 is 18.0 Å². The summed E-state index contributed by atoms with van der Waals surface area (Å²) in [6, 6.07) is -0.670. The summed E-state index contributed by atoms with van der Waals surface area (Å²) in [6.07, 6.45) is -9.22. The fourth-order valence-corrected chi connectivity index (χ4v) is 2.20. The highest BCUT2D eigenvalue weighted by Crippen LogP contribution is 2.48. The van der Waals surface area contributed by atoms with Crippen LogP contribution in [0.4, 0.5) is 26.3 Å². The number of amidine groups is 1. The van der Waals surface area contributed by atoms with E-state index in [1.165, 1.54) is 4.90 Å². The number of rotatable bonds is 0. The van der Waals surface area contributed by atoms with E-state index in [1.54, 1.807) is 0 Å². The summed E-state index contributed by atoms with van der Waals surface area (Å²) >= 11 is 0. The second-order valence-corrected chi connectivity index (χ2v) is 4.84. The van der Waals surface area contributed by atoms with Gasteiger partial charge in [-0.2, -0.15) is 31.3 Å². The number of aliphatic imine (C=N–C) groups is 2. The van der Waals surface area contributed by atoms with Crippen LogP contribution in [0.3, 0.4) is 0 Å². The predicted molar refractivity (Wildman–Crippen MR) is 61.9 cm³/mol. The maximum atomic E-state index is 13.0. The number of piperidine rings is 1. The van der Waals surface area contributed by atoms with E-state index >= 15 is 0 Å². The smallest absolute Gasteiger partial charge is 0.412 e. The molecule has 0 unspecified atom stereocenters. The summed E-state index contributed by atoms with van der Waals surface area (Å²) in [5, 5.41) is 0. The molecule has 0 amide bonds. The van der Waals surface area contributed by atoms with Gasteiger partial charge in [0.05, 0.1) is 0 Å². The molecule has 10 heteroatoms. The summed E-state index contributed by atoms with van der Waals surface area (Å²) < 4.78 is 82.9. The third kappa shape index (κ3) is 2.80. The first-order valence-electron chi connectivity index (χ1n) is 6.29. The molecule has 0 spiro atoms. The van der Waals surface area contributed by atoms with Crippen LogP contribution in [0.2, 0.25) is 0 Å².